The molecule has 3 rings (SSSR count). The van der Waals surface area contributed by atoms with E-state index in [1.165, 1.54) is 17.7 Å². The lowest BCUT2D eigenvalue weighted by molar-refractivity contribution is -0.122. The summed E-state index contributed by atoms with van der Waals surface area (Å²) in [5.41, 5.74) is 2.62. The number of rotatable bonds is 5. The first-order valence-electron chi connectivity index (χ1n) is 9.50. The molecule has 0 saturated heterocycles. The van der Waals surface area contributed by atoms with Crippen molar-refractivity contribution in [2.24, 2.45) is 16.3 Å². The highest BCUT2D eigenvalue weighted by molar-refractivity contribution is 7.80. The van der Waals surface area contributed by atoms with Crippen LogP contribution in [-0.2, 0) is 11.2 Å². The van der Waals surface area contributed by atoms with E-state index in [-0.39, 0.29) is 17.0 Å². The maximum absolute atomic E-state index is 13.1. The molecule has 28 heavy (non-hydrogen) atoms. The van der Waals surface area contributed by atoms with Crippen molar-refractivity contribution < 1.29 is 9.18 Å². The molecule has 0 bridgehead atoms. The molecular formula is C23H25FN2OS. The van der Waals surface area contributed by atoms with Crippen LogP contribution in [0.1, 0.15) is 32.3 Å². The fourth-order valence-corrected chi connectivity index (χ4v) is 3.97. The van der Waals surface area contributed by atoms with Crippen molar-refractivity contribution in [3.8, 4) is 0 Å². The van der Waals surface area contributed by atoms with E-state index in [1.54, 1.807) is 12.1 Å². The van der Waals surface area contributed by atoms with Crippen LogP contribution in [0.25, 0.3) is 0 Å². The smallest absolute Gasteiger partial charge is 0.148 e. The standard InChI is InChI=1S/C23H25FN2OS/c1-23(2)14-19(25-13-12-16-6-4-3-5-7-16)21(20(27)15-23)22(28)26-18-10-8-17(24)9-11-18/h3-11,21H,12-15H2,1-2H3,(H,26,28). The Kier molecular flexibility index (Phi) is 6.35. The van der Waals surface area contributed by atoms with Gasteiger partial charge in [0.25, 0.3) is 0 Å². The van der Waals surface area contributed by atoms with Gasteiger partial charge in [-0.3, -0.25) is 9.79 Å². The summed E-state index contributed by atoms with van der Waals surface area (Å²) < 4.78 is 13.1. The zero-order valence-electron chi connectivity index (χ0n) is 16.2. The van der Waals surface area contributed by atoms with Gasteiger partial charge in [0, 0.05) is 24.4 Å². The maximum Gasteiger partial charge on any atom is 0.148 e. The molecule has 0 heterocycles. The number of Topliss-reactive ketones (excluding diaryl/α,β-unsaturated/α-hetero) is 1. The molecule has 0 aliphatic heterocycles. The first kappa shape index (κ1) is 20.3. The van der Waals surface area contributed by atoms with E-state index in [2.05, 4.69) is 31.3 Å². The molecule has 1 fully saturated rings. The highest BCUT2D eigenvalue weighted by Crippen LogP contribution is 2.35. The molecule has 0 amide bonds. The number of nitrogens with zero attached hydrogens (tertiary/aromatic N) is 1. The van der Waals surface area contributed by atoms with Gasteiger partial charge in [0.05, 0.1) is 4.99 Å². The largest absolute Gasteiger partial charge is 0.349 e. The van der Waals surface area contributed by atoms with Crippen LogP contribution >= 0.6 is 12.2 Å². The number of carbonyl (C=O) groups is 1. The van der Waals surface area contributed by atoms with Gasteiger partial charge in [0.1, 0.15) is 17.5 Å². The summed E-state index contributed by atoms with van der Waals surface area (Å²) in [7, 11) is 0. The molecule has 5 heteroatoms. The molecule has 1 aliphatic rings. The molecule has 1 unspecified atom stereocenters. The number of nitrogens with one attached hydrogen (secondary N) is 1. The molecule has 0 spiro atoms. The lowest BCUT2D eigenvalue weighted by Crippen LogP contribution is -2.43. The van der Waals surface area contributed by atoms with Crippen molar-refractivity contribution in [2.45, 2.75) is 33.1 Å². The van der Waals surface area contributed by atoms with Crippen molar-refractivity contribution in [3.63, 3.8) is 0 Å². The monoisotopic (exact) mass is 396 g/mol. The van der Waals surface area contributed by atoms with E-state index >= 15 is 0 Å². The van der Waals surface area contributed by atoms with Gasteiger partial charge in [-0.15, -0.1) is 0 Å². The SMILES string of the molecule is CC1(C)CC(=O)C(C(=S)Nc2ccc(F)cc2)C(=NCCc2ccccc2)C1. The number of hydrogen-bond donors (Lipinski definition) is 1. The van der Waals surface area contributed by atoms with E-state index in [0.717, 1.165) is 18.6 Å². The van der Waals surface area contributed by atoms with Crippen molar-refractivity contribution in [1.29, 1.82) is 0 Å². The third-order valence-corrected chi connectivity index (χ3v) is 5.24. The quantitative estimate of drug-likeness (QED) is 0.702. The number of anilines is 1. The third kappa shape index (κ3) is 5.32. The van der Waals surface area contributed by atoms with Crippen molar-refractivity contribution >= 4 is 34.4 Å². The summed E-state index contributed by atoms with van der Waals surface area (Å²) in [4.78, 5) is 18.1. The van der Waals surface area contributed by atoms with E-state index in [1.807, 2.05) is 18.2 Å². The lowest BCUT2D eigenvalue weighted by atomic mass is 9.71. The number of halogens is 1. The van der Waals surface area contributed by atoms with Crippen LogP contribution in [0.4, 0.5) is 10.1 Å². The molecule has 2 aromatic carbocycles. The highest BCUT2D eigenvalue weighted by atomic mass is 32.1. The number of carbonyl (C=O) groups excluding carboxylic acids is 1. The second kappa shape index (κ2) is 8.74. The van der Waals surface area contributed by atoms with Gasteiger partial charge in [-0.25, -0.2) is 4.39 Å². The van der Waals surface area contributed by atoms with E-state index in [4.69, 9.17) is 17.2 Å². The Hall–Kier alpha value is -2.40. The minimum atomic E-state index is -0.510. The van der Waals surface area contributed by atoms with E-state index < -0.39 is 5.92 Å². The maximum atomic E-state index is 13.1. The van der Waals surface area contributed by atoms with E-state index in [0.29, 0.717) is 23.6 Å². The van der Waals surface area contributed by atoms with Crippen molar-refractivity contribution in [3.05, 3.63) is 66.0 Å². The predicted molar refractivity (Wildman–Crippen MR) is 117 cm³/mol. The van der Waals surface area contributed by atoms with Gasteiger partial charge in [0.2, 0.25) is 0 Å². The molecule has 1 aliphatic carbocycles. The molecular weight excluding hydrogens is 371 g/mol. The molecule has 0 radical (unpaired) electrons. The topological polar surface area (TPSA) is 41.5 Å². The van der Waals surface area contributed by atoms with Gasteiger partial charge in [-0.1, -0.05) is 56.4 Å². The van der Waals surface area contributed by atoms with Crippen molar-refractivity contribution in [1.82, 2.24) is 0 Å². The Bertz CT molecular complexity index is 875. The van der Waals surface area contributed by atoms with Crippen molar-refractivity contribution in [2.75, 3.05) is 11.9 Å². The third-order valence-electron chi connectivity index (χ3n) is 4.90. The number of hydrogen-bond acceptors (Lipinski definition) is 3. The number of ketones is 1. The Labute approximate surface area is 171 Å². The van der Waals surface area contributed by atoms with Crippen LogP contribution in [-0.4, -0.2) is 23.0 Å². The van der Waals surface area contributed by atoms with E-state index in [9.17, 15) is 9.18 Å². The normalized spacial score (nSPS) is 20.2. The van der Waals surface area contributed by atoms with Crippen LogP contribution in [0.3, 0.4) is 0 Å². The van der Waals surface area contributed by atoms with Crippen LogP contribution in [0.2, 0.25) is 0 Å². The fourth-order valence-electron chi connectivity index (χ4n) is 3.58. The summed E-state index contributed by atoms with van der Waals surface area (Å²) >= 11 is 5.56. The summed E-state index contributed by atoms with van der Waals surface area (Å²) in [5.74, 6) is -0.728. The molecule has 146 valence electrons. The summed E-state index contributed by atoms with van der Waals surface area (Å²) in [6, 6.07) is 16.1. The lowest BCUT2D eigenvalue weighted by Gasteiger charge is -2.35. The summed E-state index contributed by atoms with van der Waals surface area (Å²) in [6.07, 6.45) is 2.04. The van der Waals surface area contributed by atoms with Gasteiger partial charge in [0.15, 0.2) is 0 Å². The first-order valence-corrected chi connectivity index (χ1v) is 9.91. The minimum absolute atomic E-state index is 0.0920. The average molecular weight is 397 g/mol. The predicted octanol–water partition coefficient (Wildman–Crippen LogP) is 5.25. The van der Waals surface area contributed by atoms with Crippen LogP contribution < -0.4 is 5.32 Å². The van der Waals surface area contributed by atoms with Gasteiger partial charge >= 0.3 is 0 Å². The molecule has 3 nitrogen and oxygen atoms in total. The van der Waals surface area contributed by atoms with Gasteiger partial charge < -0.3 is 5.32 Å². The van der Waals surface area contributed by atoms with Gasteiger partial charge in [-0.05, 0) is 48.1 Å². The Balaban J connectivity index is 1.76. The van der Waals surface area contributed by atoms with Crippen LogP contribution in [0.5, 0.6) is 0 Å². The second-order valence-corrected chi connectivity index (χ2v) is 8.46. The summed E-state index contributed by atoms with van der Waals surface area (Å²) in [5, 5.41) is 3.10. The molecule has 1 saturated carbocycles. The zero-order valence-corrected chi connectivity index (χ0v) is 17.1. The Morgan fingerprint density at radius 1 is 1.14 bits per heavy atom. The molecule has 0 aromatic heterocycles. The first-order chi connectivity index (χ1) is 13.3. The second-order valence-electron chi connectivity index (χ2n) is 8.02. The molecule has 1 atom stereocenters. The number of aliphatic imine (C=N–C) groups is 1. The minimum Gasteiger partial charge on any atom is -0.349 e. The van der Waals surface area contributed by atoms with Crippen LogP contribution in [0.15, 0.2) is 59.6 Å². The summed E-state index contributed by atoms with van der Waals surface area (Å²) in [6.45, 7) is 4.80. The number of benzene rings is 2. The zero-order chi connectivity index (χ0) is 20.1. The molecule has 2 aromatic rings. The molecule has 1 N–H and O–H groups in total. The average Bonchev–Trinajstić information content (AvgIpc) is 2.63. The number of thiocarbonyl (C=S) groups is 1. The Morgan fingerprint density at radius 3 is 2.50 bits per heavy atom. The fraction of sp³-hybridized carbons (Fsp3) is 0.348. The Morgan fingerprint density at radius 2 is 1.82 bits per heavy atom. The highest BCUT2D eigenvalue weighted by Gasteiger charge is 2.40. The van der Waals surface area contributed by atoms with Gasteiger partial charge in [-0.2, -0.15) is 0 Å². The van der Waals surface area contributed by atoms with Crippen LogP contribution in [0, 0.1) is 17.2 Å².